The lowest BCUT2D eigenvalue weighted by atomic mass is 9.80. The first-order chi connectivity index (χ1) is 6.43. The molecule has 0 radical (unpaired) electrons. The predicted molar refractivity (Wildman–Crippen MR) is 62.5 cm³/mol. The second kappa shape index (κ2) is 3.76. The van der Waals surface area contributed by atoms with Crippen molar-refractivity contribution < 1.29 is 0 Å². The van der Waals surface area contributed by atoms with Crippen LogP contribution in [0.4, 0.5) is 0 Å². The minimum Gasteiger partial charge on any atom is -0.377 e. The van der Waals surface area contributed by atoms with E-state index in [2.05, 4.69) is 44.9 Å². The molecule has 0 aromatic rings. The third-order valence-electron chi connectivity index (χ3n) is 3.27. The van der Waals surface area contributed by atoms with Crippen LogP contribution >= 0.6 is 0 Å². The van der Waals surface area contributed by atoms with E-state index in [0.717, 1.165) is 12.8 Å². The van der Waals surface area contributed by atoms with E-state index < -0.39 is 0 Å². The highest BCUT2D eigenvalue weighted by atomic mass is 15.0. The average molecular weight is 194 g/mol. The molecule has 0 atom stereocenters. The van der Waals surface area contributed by atoms with Gasteiger partial charge in [-0.05, 0) is 26.7 Å². The first-order valence-corrected chi connectivity index (χ1v) is 5.47. The molecule has 1 N–H and O–H groups in total. The first kappa shape index (κ1) is 11.3. The predicted octanol–water partition coefficient (Wildman–Crippen LogP) is 3.11. The van der Waals surface area contributed by atoms with E-state index in [1.54, 1.807) is 0 Å². The SMILES string of the molecule is CCC(C)(CC)C1=CN=CC(C)(C)N1. The number of rotatable bonds is 3. The van der Waals surface area contributed by atoms with Crippen LogP contribution in [0.1, 0.15) is 47.5 Å². The number of hydrogen-bond donors (Lipinski definition) is 1. The number of nitrogens with zero attached hydrogens (tertiary/aromatic N) is 1. The summed E-state index contributed by atoms with van der Waals surface area (Å²) < 4.78 is 0. The molecule has 0 bridgehead atoms. The largest absolute Gasteiger partial charge is 0.377 e. The smallest absolute Gasteiger partial charge is 0.0668 e. The van der Waals surface area contributed by atoms with Gasteiger partial charge in [0, 0.05) is 23.5 Å². The third kappa shape index (κ3) is 2.17. The number of nitrogens with one attached hydrogen (secondary N) is 1. The standard InChI is InChI=1S/C12H22N2/c1-6-12(5,7-2)10-8-13-9-11(3,4)14-10/h8-9,14H,6-7H2,1-5H3. The molecule has 1 rings (SSSR count). The van der Waals surface area contributed by atoms with Crippen molar-refractivity contribution in [2.24, 2.45) is 10.4 Å². The molecule has 0 aromatic carbocycles. The van der Waals surface area contributed by atoms with Crippen LogP contribution in [0, 0.1) is 5.41 Å². The molecule has 0 saturated carbocycles. The molecular weight excluding hydrogens is 172 g/mol. The van der Waals surface area contributed by atoms with Crippen LogP contribution in [0.2, 0.25) is 0 Å². The summed E-state index contributed by atoms with van der Waals surface area (Å²) in [7, 11) is 0. The Kier molecular flexibility index (Phi) is 3.03. The maximum absolute atomic E-state index is 4.32. The summed E-state index contributed by atoms with van der Waals surface area (Å²) in [5.74, 6) is 0. The molecule has 0 fully saturated rings. The van der Waals surface area contributed by atoms with E-state index in [4.69, 9.17) is 0 Å². The molecule has 0 spiro atoms. The van der Waals surface area contributed by atoms with Gasteiger partial charge in [-0.3, -0.25) is 4.99 Å². The number of allylic oxidation sites excluding steroid dienone is 1. The summed E-state index contributed by atoms with van der Waals surface area (Å²) in [5.41, 5.74) is 1.51. The summed E-state index contributed by atoms with van der Waals surface area (Å²) in [6.07, 6.45) is 6.22. The summed E-state index contributed by atoms with van der Waals surface area (Å²) in [4.78, 5) is 4.32. The van der Waals surface area contributed by atoms with Gasteiger partial charge in [-0.15, -0.1) is 0 Å². The van der Waals surface area contributed by atoms with Crippen molar-refractivity contribution in [1.82, 2.24) is 5.32 Å². The second-order valence-corrected chi connectivity index (χ2v) is 4.94. The molecule has 2 heteroatoms. The molecular formula is C12H22N2. The summed E-state index contributed by atoms with van der Waals surface area (Å²) >= 11 is 0. The lowest BCUT2D eigenvalue weighted by Crippen LogP contribution is -2.45. The van der Waals surface area contributed by atoms with E-state index in [-0.39, 0.29) is 11.0 Å². The zero-order valence-electron chi connectivity index (χ0n) is 10.0. The fraction of sp³-hybridized carbons (Fsp3) is 0.750. The minimum atomic E-state index is -0.00428. The lowest BCUT2D eigenvalue weighted by Gasteiger charge is -2.37. The zero-order chi connectivity index (χ0) is 10.8. The van der Waals surface area contributed by atoms with Crippen LogP contribution in [-0.4, -0.2) is 11.8 Å². The second-order valence-electron chi connectivity index (χ2n) is 4.94. The molecule has 80 valence electrons. The number of aliphatic imine (C=N–C) groups is 1. The van der Waals surface area contributed by atoms with E-state index in [0.29, 0.717) is 0 Å². The highest BCUT2D eigenvalue weighted by molar-refractivity contribution is 5.71. The molecule has 0 unspecified atom stereocenters. The normalized spacial score (nSPS) is 20.2. The minimum absolute atomic E-state index is 0.00428. The van der Waals surface area contributed by atoms with Crippen molar-refractivity contribution in [3.05, 3.63) is 11.9 Å². The van der Waals surface area contributed by atoms with Gasteiger partial charge in [0.25, 0.3) is 0 Å². The molecule has 0 aromatic heterocycles. The van der Waals surface area contributed by atoms with Gasteiger partial charge in [-0.25, -0.2) is 0 Å². The van der Waals surface area contributed by atoms with Crippen LogP contribution in [0.3, 0.4) is 0 Å². The van der Waals surface area contributed by atoms with Crippen molar-refractivity contribution >= 4 is 6.21 Å². The van der Waals surface area contributed by atoms with E-state index in [1.165, 1.54) is 5.70 Å². The van der Waals surface area contributed by atoms with Gasteiger partial charge in [-0.1, -0.05) is 20.8 Å². The van der Waals surface area contributed by atoms with Crippen LogP contribution in [0.25, 0.3) is 0 Å². The van der Waals surface area contributed by atoms with Gasteiger partial charge in [-0.2, -0.15) is 0 Å². The lowest BCUT2D eigenvalue weighted by molar-refractivity contribution is 0.323. The number of hydrogen-bond acceptors (Lipinski definition) is 2. The van der Waals surface area contributed by atoms with Crippen molar-refractivity contribution in [1.29, 1.82) is 0 Å². The Labute approximate surface area is 87.5 Å². The third-order valence-corrected chi connectivity index (χ3v) is 3.27. The Morgan fingerprint density at radius 2 is 1.93 bits per heavy atom. The average Bonchev–Trinajstić information content (AvgIpc) is 2.15. The quantitative estimate of drug-likeness (QED) is 0.733. The summed E-state index contributed by atoms with van der Waals surface area (Å²) in [6, 6.07) is 0. The Balaban J connectivity index is 2.89. The molecule has 0 aliphatic carbocycles. The molecule has 1 aliphatic heterocycles. The Morgan fingerprint density at radius 3 is 2.36 bits per heavy atom. The molecule has 1 heterocycles. The Hall–Kier alpha value is -0.790. The first-order valence-electron chi connectivity index (χ1n) is 5.47. The molecule has 0 saturated heterocycles. The van der Waals surface area contributed by atoms with Crippen LogP contribution < -0.4 is 5.32 Å². The summed E-state index contributed by atoms with van der Waals surface area (Å²) in [5, 5.41) is 3.55. The highest BCUT2D eigenvalue weighted by Gasteiger charge is 2.30. The topological polar surface area (TPSA) is 24.4 Å². The van der Waals surface area contributed by atoms with Crippen LogP contribution in [0.15, 0.2) is 16.9 Å². The van der Waals surface area contributed by atoms with E-state index in [1.807, 2.05) is 12.4 Å². The van der Waals surface area contributed by atoms with Gasteiger partial charge in [0.2, 0.25) is 0 Å². The summed E-state index contributed by atoms with van der Waals surface area (Å²) in [6.45, 7) is 11.1. The molecule has 1 aliphatic rings. The maximum Gasteiger partial charge on any atom is 0.0668 e. The maximum atomic E-state index is 4.32. The van der Waals surface area contributed by atoms with Crippen LogP contribution in [-0.2, 0) is 0 Å². The van der Waals surface area contributed by atoms with E-state index >= 15 is 0 Å². The molecule has 2 nitrogen and oxygen atoms in total. The fourth-order valence-corrected chi connectivity index (χ4v) is 1.65. The Bertz CT molecular complexity index is 257. The van der Waals surface area contributed by atoms with Gasteiger partial charge < -0.3 is 5.32 Å². The van der Waals surface area contributed by atoms with Crippen molar-refractivity contribution in [3.8, 4) is 0 Å². The van der Waals surface area contributed by atoms with Gasteiger partial charge >= 0.3 is 0 Å². The van der Waals surface area contributed by atoms with Crippen molar-refractivity contribution in [2.45, 2.75) is 53.0 Å². The van der Waals surface area contributed by atoms with Crippen LogP contribution in [0.5, 0.6) is 0 Å². The van der Waals surface area contributed by atoms with Gasteiger partial charge in [0.05, 0.1) is 5.54 Å². The fourth-order valence-electron chi connectivity index (χ4n) is 1.65. The molecule has 0 amide bonds. The van der Waals surface area contributed by atoms with Crippen molar-refractivity contribution in [2.75, 3.05) is 0 Å². The Morgan fingerprint density at radius 1 is 1.36 bits per heavy atom. The zero-order valence-corrected chi connectivity index (χ0v) is 10.0. The monoisotopic (exact) mass is 194 g/mol. The van der Waals surface area contributed by atoms with Gasteiger partial charge in [0.1, 0.15) is 0 Å². The molecule has 14 heavy (non-hydrogen) atoms. The van der Waals surface area contributed by atoms with E-state index in [9.17, 15) is 0 Å². The van der Waals surface area contributed by atoms with Gasteiger partial charge in [0.15, 0.2) is 0 Å². The highest BCUT2D eigenvalue weighted by Crippen LogP contribution is 2.34. The van der Waals surface area contributed by atoms with Crippen molar-refractivity contribution in [3.63, 3.8) is 0 Å².